The van der Waals surface area contributed by atoms with Crippen LogP contribution in [0.5, 0.6) is 0 Å². The van der Waals surface area contributed by atoms with E-state index in [1.54, 1.807) is 0 Å². The number of tetrazole rings is 1. The SMILES string of the molecule is CC[C@@H](C)CC(=O)Nc1nn[nH]n1. The van der Waals surface area contributed by atoms with E-state index in [9.17, 15) is 4.79 Å². The van der Waals surface area contributed by atoms with Crippen LogP contribution in [-0.4, -0.2) is 26.5 Å². The summed E-state index contributed by atoms with van der Waals surface area (Å²) in [6.45, 7) is 4.07. The van der Waals surface area contributed by atoms with Crippen molar-refractivity contribution in [3.05, 3.63) is 0 Å². The highest BCUT2D eigenvalue weighted by atomic mass is 16.1. The molecule has 6 nitrogen and oxygen atoms in total. The van der Waals surface area contributed by atoms with E-state index in [1.165, 1.54) is 0 Å². The minimum absolute atomic E-state index is 0.0734. The number of amides is 1. The number of anilines is 1. The van der Waals surface area contributed by atoms with Gasteiger partial charge in [-0.15, -0.1) is 5.10 Å². The molecule has 1 aromatic rings. The monoisotopic (exact) mass is 183 g/mol. The minimum Gasteiger partial charge on any atom is -0.292 e. The Kier molecular flexibility index (Phi) is 3.36. The molecule has 1 rings (SSSR count). The Balaban J connectivity index is 2.34. The van der Waals surface area contributed by atoms with Gasteiger partial charge in [-0.2, -0.15) is 5.21 Å². The van der Waals surface area contributed by atoms with E-state index in [0.717, 1.165) is 6.42 Å². The first-order valence-corrected chi connectivity index (χ1v) is 4.25. The van der Waals surface area contributed by atoms with Gasteiger partial charge in [-0.05, 0) is 11.1 Å². The number of aromatic amines is 1. The molecule has 1 amide bonds. The van der Waals surface area contributed by atoms with Gasteiger partial charge in [0.1, 0.15) is 0 Å². The summed E-state index contributed by atoms with van der Waals surface area (Å²) in [5.41, 5.74) is 0. The van der Waals surface area contributed by atoms with Crippen LogP contribution in [0.1, 0.15) is 26.7 Å². The number of nitrogens with zero attached hydrogens (tertiary/aromatic N) is 3. The highest BCUT2D eigenvalue weighted by Gasteiger charge is 2.08. The molecule has 1 atom stereocenters. The number of carbonyl (C=O) groups excluding carboxylic acids is 1. The molecule has 2 N–H and O–H groups in total. The van der Waals surface area contributed by atoms with Crippen LogP contribution in [0.15, 0.2) is 0 Å². The van der Waals surface area contributed by atoms with Crippen molar-refractivity contribution >= 4 is 11.9 Å². The van der Waals surface area contributed by atoms with Gasteiger partial charge in [0, 0.05) is 6.42 Å². The minimum atomic E-state index is -0.0734. The van der Waals surface area contributed by atoms with Gasteiger partial charge in [0.15, 0.2) is 0 Å². The molecule has 0 aliphatic carbocycles. The highest BCUT2D eigenvalue weighted by Crippen LogP contribution is 2.07. The van der Waals surface area contributed by atoms with Crippen LogP contribution in [0.3, 0.4) is 0 Å². The summed E-state index contributed by atoms with van der Waals surface area (Å²) in [6.07, 6.45) is 1.48. The Morgan fingerprint density at radius 2 is 2.46 bits per heavy atom. The molecule has 0 aliphatic heterocycles. The van der Waals surface area contributed by atoms with Crippen molar-refractivity contribution in [2.45, 2.75) is 26.7 Å². The second kappa shape index (κ2) is 4.54. The number of nitrogens with one attached hydrogen (secondary N) is 2. The van der Waals surface area contributed by atoms with Crippen LogP contribution in [0, 0.1) is 5.92 Å². The molecule has 0 aliphatic rings. The number of aromatic nitrogens is 4. The van der Waals surface area contributed by atoms with Gasteiger partial charge in [0.2, 0.25) is 5.91 Å². The number of rotatable bonds is 4. The first-order valence-electron chi connectivity index (χ1n) is 4.25. The van der Waals surface area contributed by atoms with Gasteiger partial charge < -0.3 is 0 Å². The molecule has 0 unspecified atom stereocenters. The molecular formula is C7H13N5O. The summed E-state index contributed by atoms with van der Waals surface area (Å²) in [5, 5.41) is 15.3. The molecule has 0 bridgehead atoms. The average molecular weight is 183 g/mol. The summed E-state index contributed by atoms with van der Waals surface area (Å²) >= 11 is 0. The second-order valence-electron chi connectivity index (χ2n) is 3.00. The van der Waals surface area contributed by atoms with E-state index in [2.05, 4.69) is 25.9 Å². The van der Waals surface area contributed by atoms with Crippen LogP contribution in [0.25, 0.3) is 0 Å². The van der Waals surface area contributed by atoms with Gasteiger partial charge >= 0.3 is 0 Å². The first kappa shape index (κ1) is 9.63. The van der Waals surface area contributed by atoms with Gasteiger partial charge in [0.05, 0.1) is 0 Å². The van der Waals surface area contributed by atoms with E-state index >= 15 is 0 Å². The molecule has 0 saturated carbocycles. The average Bonchev–Trinajstić information content (AvgIpc) is 2.56. The van der Waals surface area contributed by atoms with Gasteiger partial charge in [-0.1, -0.05) is 25.4 Å². The zero-order valence-electron chi connectivity index (χ0n) is 7.74. The summed E-state index contributed by atoms with van der Waals surface area (Å²) in [5.74, 6) is 0.538. The third kappa shape index (κ3) is 3.18. The van der Waals surface area contributed by atoms with E-state index in [0.29, 0.717) is 12.3 Å². The molecule has 0 fully saturated rings. The Bertz CT molecular complexity index is 258. The van der Waals surface area contributed by atoms with E-state index in [4.69, 9.17) is 0 Å². The van der Waals surface area contributed by atoms with Crippen LogP contribution in [-0.2, 0) is 4.79 Å². The number of carbonyl (C=O) groups is 1. The van der Waals surface area contributed by atoms with E-state index in [1.807, 2.05) is 13.8 Å². The normalized spacial score (nSPS) is 12.5. The Hall–Kier alpha value is -1.46. The molecule has 0 saturated heterocycles. The third-order valence-electron chi connectivity index (χ3n) is 1.83. The van der Waals surface area contributed by atoms with Gasteiger partial charge in [-0.25, -0.2) is 0 Å². The van der Waals surface area contributed by atoms with Crippen LogP contribution < -0.4 is 5.32 Å². The fourth-order valence-electron chi connectivity index (χ4n) is 0.851. The van der Waals surface area contributed by atoms with Crippen LogP contribution in [0.4, 0.5) is 5.95 Å². The van der Waals surface area contributed by atoms with Gasteiger partial charge in [-0.3, -0.25) is 10.1 Å². The topological polar surface area (TPSA) is 83.6 Å². The standard InChI is InChI=1S/C7H13N5O/c1-3-5(2)4-6(13)8-7-9-11-12-10-7/h5H,3-4H2,1-2H3,(H2,8,9,10,11,12,13)/t5-/m1/s1. The number of H-pyrrole nitrogens is 1. The van der Waals surface area contributed by atoms with Gasteiger partial charge in [0.25, 0.3) is 5.95 Å². The van der Waals surface area contributed by atoms with Crippen molar-refractivity contribution in [1.82, 2.24) is 20.6 Å². The zero-order chi connectivity index (χ0) is 9.68. The fourth-order valence-corrected chi connectivity index (χ4v) is 0.851. The summed E-state index contributed by atoms with van der Waals surface area (Å²) in [4.78, 5) is 11.2. The van der Waals surface area contributed by atoms with Crippen molar-refractivity contribution in [2.24, 2.45) is 5.92 Å². The molecule has 6 heteroatoms. The summed E-state index contributed by atoms with van der Waals surface area (Å²) in [6, 6.07) is 0. The number of hydrogen-bond donors (Lipinski definition) is 2. The van der Waals surface area contributed by atoms with Crippen molar-refractivity contribution in [1.29, 1.82) is 0 Å². The molecule has 0 spiro atoms. The van der Waals surface area contributed by atoms with Crippen molar-refractivity contribution in [3.63, 3.8) is 0 Å². The lowest BCUT2D eigenvalue weighted by molar-refractivity contribution is -0.117. The van der Waals surface area contributed by atoms with Crippen LogP contribution in [0.2, 0.25) is 0 Å². The molecule has 0 radical (unpaired) electrons. The lowest BCUT2D eigenvalue weighted by Crippen LogP contribution is -2.15. The third-order valence-corrected chi connectivity index (χ3v) is 1.83. The van der Waals surface area contributed by atoms with Crippen molar-refractivity contribution < 1.29 is 4.79 Å². The predicted octanol–water partition coefficient (Wildman–Crippen LogP) is 0.574. The molecule has 1 heterocycles. The predicted molar refractivity (Wildman–Crippen MR) is 46.9 cm³/mol. The lowest BCUT2D eigenvalue weighted by atomic mass is 10.1. The summed E-state index contributed by atoms with van der Waals surface area (Å²) in [7, 11) is 0. The number of hydrogen-bond acceptors (Lipinski definition) is 4. The smallest absolute Gasteiger partial charge is 0.269 e. The van der Waals surface area contributed by atoms with Crippen molar-refractivity contribution in [3.8, 4) is 0 Å². The highest BCUT2D eigenvalue weighted by molar-refractivity contribution is 5.88. The van der Waals surface area contributed by atoms with Crippen LogP contribution >= 0.6 is 0 Å². The molecule has 72 valence electrons. The molecule has 0 aromatic carbocycles. The Morgan fingerprint density at radius 3 is 3.00 bits per heavy atom. The summed E-state index contributed by atoms with van der Waals surface area (Å²) < 4.78 is 0. The maximum Gasteiger partial charge on any atom is 0.269 e. The maximum absolute atomic E-state index is 11.2. The Labute approximate surface area is 76.1 Å². The fraction of sp³-hybridized carbons (Fsp3) is 0.714. The van der Waals surface area contributed by atoms with E-state index in [-0.39, 0.29) is 11.9 Å². The van der Waals surface area contributed by atoms with Crippen molar-refractivity contribution in [2.75, 3.05) is 5.32 Å². The second-order valence-corrected chi connectivity index (χ2v) is 3.00. The quantitative estimate of drug-likeness (QED) is 0.715. The van der Waals surface area contributed by atoms with E-state index < -0.39 is 0 Å². The zero-order valence-corrected chi connectivity index (χ0v) is 7.74. The maximum atomic E-state index is 11.2. The largest absolute Gasteiger partial charge is 0.292 e. The molecule has 1 aromatic heterocycles. The Morgan fingerprint density at radius 1 is 1.69 bits per heavy atom. The molecular weight excluding hydrogens is 170 g/mol. The lowest BCUT2D eigenvalue weighted by Gasteiger charge is -2.05. The first-order chi connectivity index (χ1) is 6.22. The molecule has 13 heavy (non-hydrogen) atoms.